The Hall–Kier alpha value is -2.80. The Balaban J connectivity index is 1.90. The molecule has 1 N–H and O–H groups in total. The number of anilines is 2. The van der Waals surface area contributed by atoms with Gasteiger partial charge in [-0.2, -0.15) is 4.52 Å². The standard InChI is InChI=1S/C14H8ClFN6/c15-8-1-6-11-12(7-8)22-14(19-20-21-22)13(18-11)17-10-4-2-9(16)3-5-10/h1-7H,(H,17,18). The molecular weight excluding hydrogens is 307 g/mol. The van der Waals surface area contributed by atoms with Gasteiger partial charge >= 0.3 is 0 Å². The van der Waals surface area contributed by atoms with E-state index in [-0.39, 0.29) is 5.82 Å². The minimum absolute atomic E-state index is 0.305. The lowest BCUT2D eigenvalue weighted by Crippen LogP contribution is -2.01. The van der Waals surface area contributed by atoms with Crippen LogP contribution in [0.4, 0.5) is 15.9 Å². The van der Waals surface area contributed by atoms with Crippen LogP contribution in [0, 0.1) is 5.82 Å². The van der Waals surface area contributed by atoms with Crippen molar-refractivity contribution in [3.05, 3.63) is 53.3 Å². The Bertz CT molecular complexity index is 982. The highest BCUT2D eigenvalue weighted by Gasteiger charge is 2.12. The number of nitrogens with one attached hydrogen (secondary N) is 1. The first kappa shape index (κ1) is 12.9. The topological polar surface area (TPSA) is 68.0 Å². The Morgan fingerprint density at radius 3 is 2.73 bits per heavy atom. The van der Waals surface area contributed by atoms with E-state index in [0.717, 1.165) is 0 Å². The first-order chi connectivity index (χ1) is 10.7. The molecule has 0 spiro atoms. The van der Waals surface area contributed by atoms with Gasteiger partial charge in [0.1, 0.15) is 5.82 Å². The number of fused-ring (bicyclic) bond motifs is 3. The number of tetrazole rings is 1. The number of rotatable bonds is 2. The van der Waals surface area contributed by atoms with Crippen LogP contribution in [0.1, 0.15) is 0 Å². The van der Waals surface area contributed by atoms with Crippen molar-refractivity contribution in [3.8, 4) is 0 Å². The predicted octanol–water partition coefficient (Wildman–Crippen LogP) is 3.21. The lowest BCUT2D eigenvalue weighted by atomic mass is 10.3. The van der Waals surface area contributed by atoms with Gasteiger partial charge < -0.3 is 5.32 Å². The van der Waals surface area contributed by atoms with Gasteiger partial charge in [-0.25, -0.2) is 9.37 Å². The van der Waals surface area contributed by atoms with Crippen molar-refractivity contribution in [1.82, 2.24) is 25.0 Å². The molecule has 22 heavy (non-hydrogen) atoms. The van der Waals surface area contributed by atoms with Crippen molar-refractivity contribution >= 4 is 39.8 Å². The normalized spacial score (nSPS) is 11.2. The highest BCUT2D eigenvalue weighted by Crippen LogP contribution is 2.24. The molecule has 8 heteroatoms. The summed E-state index contributed by atoms with van der Waals surface area (Å²) < 4.78 is 14.5. The third-order valence-electron chi connectivity index (χ3n) is 3.19. The molecular formula is C14H8ClFN6. The largest absolute Gasteiger partial charge is 0.337 e. The van der Waals surface area contributed by atoms with Gasteiger partial charge in [-0.05, 0) is 52.9 Å². The van der Waals surface area contributed by atoms with Crippen molar-refractivity contribution in [3.63, 3.8) is 0 Å². The van der Waals surface area contributed by atoms with Gasteiger partial charge in [0, 0.05) is 10.7 Å². The molecule has 0 radical (unpaired) electrons. The zero-order valence-corrected chi connectivity index (χ0v) is 11.8. The number of nitrogens with zero attached hydrogens (tertiary/aromatic N) is 5. The first-order valence-corrected chi connectivity index (χ1v) is 6.78. The molecule has 0 unspecified atom stereocenters. The van der Waals surface area contributed by atoms with Gasteiger partial charge in [-0.1, -0.05) is 11.6 Å². The molecule has 6 nitrogen and oxygen atoms in total. The minimum Gasteiger partial charge on any atom is -0.337 e. The fourth-order valence-electron chi connectivity index (χ4n) is 2.18. The second-order valence-electron chi connectivity index (χ2n) is 4.64. The molecule has 0 atom stereocenters. The summed E-state index contributed by atoms with van der Waals surface area (Å²) in [5.41, 5.74) is 2.54. The molecule has 2 heterocycles. The Kier molecular flexibility index (Phi) is 2.87. The molecule has 0 amide bonds. The Morgan fingerprint density at radius 2 is 1.91 bits per heavy atom. The van der Waals surface area contributed by atoms with Gasteiger partial charge in [0.25, 0.3) is 0 Å². The van der Waals surface area contributed by atoms with Crippen LogP contribution in [0.5, 0.6) is 0 Å². The molecule has 4 rings (SSSR count). The van der Waals surface area contributed by atoms with Crippen LogP contribution < -0.4 is 5.32 Å². The maximum Gasteiger partial charge on any atom is 0.222 e. The molecule has 0 bridgehead atoms. The van der Waals surface area contributed by atoms with Gasteiger partial charge in [0.05, 0.1) is 11.0 Å². The summed E-state index contributed by atoms with van der Waals surface area (Å²) in [4.78, 5) is 4.51. The van der Waals surface area contributed by atoms with Crippen LogP contribution in [0.25, 0.3) is 16.7 Å². The number of hydrogen-bond donors (Lipinski definition) is 1. The molecule has 0 aliphatic heterocycles. The molecule has 4 aromatic rings. The van der Waals surface area contributed by atoms with Crippen LogP contribution in [-0.4, -0.2) is 25.0 Å². The van der Waals surface area contributed by atoms with Crippen molar-refractivity contribution in [1.29, 1.82) is 0 Å². The summed E-state index contributed by atoms with van der Waals surface area (Å²) >= 11 is 6.01. The molecule has 0 saturated heterocycles. The van der Waals surface area contributed by atoms with E-state index < -0.39 is 0 Å². The summed E-state index contributed by atoms with van der Waals surface area (Å²) in [7, 11) is 0. The molecule has 2 aromatic carbocycles. The van der Waals surface area contributed by atoms with Gasteiger partial charge in [0.15, 0.2) is 5.82 Å². The van der Waals surface area contributed by atoms with Crippen LogP contribution in [0.15, 0.2) is 42.5 Å². The van der Waals surface area contributed by atoms with Gasteiger partial charge in [-0.15, -0.1) is 5.10 Å². The SMILES string of the molecule is Fc1ccc(Nc2nc3ccc(Cl)cc3n3nnnc23)cc1. The fourth-order valence-corrected chi connectivity index (χ4v) is 2.35. The number of benzene rings is 2. The van der Waals surface area contributed by atoms with E-state index >= 15 is 0 Å². The smallest absolute Gasteiger partial charge is 0.222 e. The summed E-state index contributed by atoms with van der Waals surface area (Å²) in [5.74, 6) is 0.174. The lowest BCUT2D eigenvalue weighted by Gasteiger charge is -2.08. The van der Waals surface area contributed by atoms with E-state index in [2.05, 4.69) is 25.8 Å². The average molecular weight is 315 g/mol. The van der Waals surface area contributed by atoms with Crippen LogP contribution in [0.3, 0.4) is 0 Å². The summed E-state index contributed by atoms with van der Waals surface area (Å²) in [5, 5.41) is 15.3. The van der Waals surface area contributed by atoms with Crippen molar-refractivity contribution < 1.29 is 4.39 Å². The highest BCUT2D eigenvalue weighted by atomic mass is 35.5. The Morgan fingerprint density at radius 1 is 1.09 bits per heavy atom. The van der Waals surface area contributed by atoms with E-state index in [1.807, 2.05) is 0 Å². The third-order valence-corrected chi connectivity index (χ3v) is 3.42. The van der Waals surface area contributed by atoms with E-state index in [1.54, 1.807) is 34.8 Å². The molecule has 0 saturated carbocycles. The second kappa shape index (κ2) is 4.88. The highest BCUT2D eigenvalue weighted by molar-refractivity contribution is 6.31. The monoisotopic (exact) mass is 314 g/mol. The van der Waals surface area contributed by atoms with Crippen molar-refractivity contribution in [2.75, 3.05) is 5.32 Å². The number of hydrogen-bond acceptors (Lipinski definition) is 5. The quantitative estimate of drug-likeness (QED) is 0.615. The summed E-state index contributed by atoms with van der Waals surface area (Å²) in [6, 6.07) is 11.2. The fraction of sp³-hybridized carbons (Fsp3) is 0. The van der Waals surface area contributed by atoms with E-state index in [4.69, 9.17) is 11.6 Å². The second-order valence-corrected chi connectivity index (χ2v) is 5.08. The van der Waals surface area contributed by atoms with Gasteiger partial charge in [-0.3, -0.25) is 0 Å². The molecule has 108 valence electrons. The lowest BCUT2D eigenvalue weighted by molar-refractivity contribution is 0.628. The van der Waals surface area contributed by atoms with E-state index in [0.29, 0.717) is 33.2 Å². The summed E-state index contributed by atoms with van der Waals surface area (Å²) in [6.45, 7) is 0. The van der Waals surface area contributed by atoms with Crippen LogP contribution in [0.2, 0.25) is 5.02 Å². The zero-order chi connectivity index (χ0) is 15.1. The molecule has 0 aliphatic carbocycles. The van der Waals surface area contributed by atoms with Crippen LogP contribution >= 0.6 is 11.6 Å². The molecule has 0 aliphatic rings. The maximum atomic E-state index is 13.0. The number of halogens is 2. The predicted molar refractivity (Wildman–Crippen MR) is 80.8 cm³/mol. The van der Waals surface area contributed by atoms with Gasteiger partial charge in [0.2, 0.25) is 5.65 Å². The van der Waals surface area contributed by atoms with Crippen LogP contribution in [-0.2, 0) is 0 Å². The summed E-state index contributed by atoms with van der Waals surface area (Å²) in [6.07, 6.45) is 0. The third kappa shape index (κ3) is 2.11. The molecule has 0 fully saturated rings. The minimum atomic E-state index is -0.305. The zero-order valence-electron chi connectivity index (χ0n) is 11.0. The average Bonchev–Trinajstić information content (AvgIpc) is 3.00. The maximum absolute atomic E-state index is 13.0. The van der Waals surface area contributed by atoms with Crippen molar-refractivity contribution in [2.45, 2.75) is 0 Å². The van der Waals surface area contributed by atoms with Crippen molar-refractivity contribution in [2.24, 2.45) is 0 Å². The first-order valence-electron chi connectivity index (χ1n) is 6.41. The number of aromatic nitrogens is 5. The molecule has 2 aromatic heterocycles. The van der Waals surface area contributed by atoms with E-state index in [1.165, 1.54) is 12.1 Å². The van der Waals surface area contributed by atoms with E-state index in [9.17, 15) is 4.39 Å². The Labute approximate surface area is 128 Å².